The van der Waals surface area contributed by atoms with Crippen LogP contribution in [-0.4, -0.2) is 54.8 Å². The van der Waals surface area contributed by atoms with Crippen molar-refractivity contribution in [2.45, 2.75) is 26.3 Å². The molecule has 0 spiro atoms. The van der Waals surface area contributed by atoms with Gasteiger partial charge in [-0.05, 0) is 56.7 Å². The van der Waals surface area contributed by atoms with Gasteiger partial charge in [0.25, 0.3) is 5.91 Å². The zero-order valence-corrected chi connectivity index (χ0v) is 21.9. The second-order valence-electron chi connectivity index (χ2n) is 9.23. The number of aromatic nitrogens is 3. The average molecular weight is 521 g/mol. The van der Waals surface area contributed by atoms with Gasteiger partial charge >= 0.3 is 0 Å². The lowest BCUT2D eigenvalue weighted by Crippen LogP contribution is -2.15. The Balaban J connectivity index is 1.68. The number of amides is 1. The normalized spacial score (nSPS) is 16.6. The van der Waals surface area contributed by atoms with Crippen molar-refractivity contribution in [3.63, 3.8) is 0 Å². The number of sulfone groups is 1. The first-order valence-corrected chi connectivity index (χ1v) is 13.7. The SMILES string of the molecule is COc1ccc(-c2cc(C(=O)Nc3ccc(C)cc3)c3c(C)nn(C4CCS(=O)(=O)C4)c3n2)cc1OC. The number of ether oxygens (including phenoxy) is 2. The highest BCUT2D eigenvalue weighted by Crippen LogP contribution is 2.35. The maximum Gasteiger partial charge on any atom is 0.256 e. The Morgan fingerprint density at radius 3 is 2.41 bits per heavy atom. The Morgan fingerprint density at radius 2 is 1.76 bits per heavy atom. The van der Waals surface area contributed by atoms with E-state index in [0.29, 0.717) is 57.2 Å². The summed E-state index contributed by atoms with van der Waals surface area (Å²) in [7, 11) is -0.0359. The number of hydrogen-bond acceptors (Lipinski definition) is 7. The molecule has 1 aliphatic heterocycles. The number of aryl methyl sites for hydroxylation is 2. The van der Waals surface area contributed by atoms with Crippen LogP contribution in [0.2, 0.25) is 0 Å². The largest absolute Gasteiger partial charge is 0.493 e. The fraction of sp³-hybridized carbons (Fsp3) is 0.296. The first-order valence-electron chi connectivity index (χ1n) is 11.9. The van der Waals surface area contributed by atoms with Crippen molar-refractivity contribution in [2.75, 3.05) is 31.0 Å². The highest BCUT2D eigenvalue weighted by molar-refractivity contribution is 7.91. The van der Waals surface area contributed by atoms with Crippen LogP contribution in [0.1, 0.15) is 34.1 Å². The van der Waals surface area contributed by atoms with E-state index in [1.807, 2.05) is 44.2 Å². The molecule has 37 heavy (non-hydrogen) atoms. The van der Waals surface area contributed by atoms with Crippen LogP contribution in [0.15, 0.2) is 48.5 Å². The van der Waals surface area contributed by atoms with Crippen LogP contribution in [0.4, 0.5) is 5.69 Å². The third-order valence-corrected chi connectivity index (χ3v) is 8.37. The van der Waals surface area contributed by atoms with Crippen molar-refractivity contribution in [1.82, 2.24) is 14.8 Å². The summed E-state index contributed by atoms with van der Waals surface area (Å²) in [5.74, 6) is 0.894. The first kappa shape index (κ1) is 24.8. The minimum Gasteiger partial charge on any atom is -0.493 e. The van der Waals surface area contributed by atoms with Gasteiger partial charge in [0.15, 0.2) is 27.0 Å². The lowest BCUT2D eigenvalue weighted by atomic mass is 10.0. The first-order chi connectivity index (χ1) is 17.7. The third-order valence-electron chi connectivity index (χ3n) is 6.62. The molecule has 0 radical (unpaired) electrons. The van der Waals surface area contributed by atoms with Crippen LogP contribution >= 0.6 is 0 Å². The van der Waals surface area contributed by atoms with Gasteiger partial charge in [0, 0.05) is 11.3 Å². The van der Waals surface area contributed by atoms with E-state index < -0.39 is 9.84 Å². The van der Waals surface area contributed by atoms with Crippen molar-refractivity contribution in [3.05, 3.63) is 65.4 Å². The molecular formula is C27H28N4O5S. The molecule has 4 aromatic rings. The molecule has 192 valence electrons. The van der Waals surface area contributed by atoms with Gasteiger partial charge in [-0.2, -0.15) is 5.10 Å². The summed E-state index contributed by atoms with van der Waals surface area (Å²) in [5.41, 5.74) is 4.49. The van der Waals surface area contributed by atoms with E-state index in [0.717, 1.165) is 5.56 Å². The molecule has 9 nitrogen and oxygen atoms in total. The Hall–Kier alpha value is -3.92. The number of pyridine rings is 1. The minimum atomic E-state index is -3.15. The van der Waals surface area contributed by atoms with Crippen LogP contribution in [0.3, 0.4) is 0 Å². The zero-order valence-electron chi connectivity index (χ0n) is 21.1. The van der Waals surface area contributed by atoms with Gasteiger partial charge in [-0.1, -0.05) is 17.7 Å². The molecular weight excluding hydrogens is 492 g/mol. The Bertz CT molecular complexity index is 1610. The molecule has 0 bridgehead atoms. The van der Waals surface area contributed by atoms with E-state index in [-0.39, 0.29) is 23.5 Å². The molecule has 1 amide bonds. The summed E-state index contributed by atoms with van der Waals surface area (Å²) < 4.78 is 37.0. The van der Waals surface area contributed by atoms with E-state index in [1.165, 1.54) is 0 Å². The molecule has 0 saturated carbocycles. The summed E-state index contributed by atoms with van der Waals surface area (Å²) in [6.07, 6.45) is 0.450. The highest BCUT2D eigenvalue weighted by Gasteiger charge is 2.32. The van der Waals surface area contributed by atoms with Crippen molar-refractivity contribution < 1.29 is 22.7 Å². The number of carbonyl (C=O) groups excluding carboxylic acids is 1. The van der Waals surface area contributed by atoms with E-state index >= 15 is 0 Å². The van der Waals surface area contributed by atoms with Crippen molar-refractivity contribution in [1.29, 1.82) is 0 Å². The smallest absolute Gasteiger partial charge is 0.256 e. The second kappa shape index (κ2) is 9.51. The Labute approximate surface area is 215 Å². The molecule has 2 aromatic heterocycles. The van der Waals surface area contributed by atoms with Gasteiger partial charge in [0.2, 0.25) is 0 Å². The number of nitrogens with one attached hydrogen (secondary N) is 1. The van der Waals surface area contributed by atoms with E-state index in [9.17, 15) is 13.2 Å². The number of anilines is 1. The number of rotatable bonds is 6. The number of nitrogens with zero attached hydrogens (tertiary/aromatic N) is 3. The van der Waals surface area contributed by atoms with E-state index in [4.69, 9.17) is 14.5 Å². The summed E-state index contributed by atoms with van der Waals surface area (Å²) in [6, 6.07) is 14.3. The van der Waals surface area contributed by atoms with Gasteiger partial charge in [-0.3, -0.25) is 4.79 Å². The molecule has 5 rings (SSSR count). The monoisotopic (exact) mass is 520 g/mol. The summed E-state index contributed by atoms with van der Waals surface area (Å²) in [6.45, 7) is 3.79. The summed E-state index contributed by atoms with van der Waals surface area (Å²) in [4.78, 5) is 18.5. The number of hydrogen-bond donors (Lipinski definition) is 1. The predicted molar refractivity (Wildman–Crippen MR) is 142 cm³/mol. The quantitative estimate of drug-likeness (QED) is 0.402. The van der Waals surface area contributed by atoms with Crippen LogP contribution < -0.4 is 14.8 Å². The van der Waals surface area contributed by atoms with Gasteiger partial charge < -0.3 is 14.8 Å². The standard InChI is InChI=1S/C27H28N4O5S/c1-16-5-8-19(9-6-16)28-27(32)21-14-22(18-7-10-23(35-3)24(13-18)36-4)29-26-25(21)17(2)30-31(26)20-11-12-37(33,34)15-20/h5-10,13-14,20H,11-12,15H2,1-4H3,(H,28,32). The molecule has 1 aliphatic rings. The third kappa shape index (κ3) is 4.76. The minimum absolute atomic E-state index is 0.00359. The van der Waals surface area contributed by atoms with Crippen LogP contribution in [0, 0.1) is 13.8 Å². The second-order valence-corrected chi connectivity index (χ2v) is 11.5. The van der Waals surface area contributed by atoms with Gasteiger partial charge in [-0.15, -0.1) is 0 Å². The maximum absolute atomic E-state index is 13.6. The van der Waals surface area contributed by atoms with E-state index in [2.05, 4.69) is 10.4 Å². The molecule has 1 atom stereocenters. The van der Waals surface area contributed by atoms with Crippen molar-refractivity contribution >= 4 is 32.5 Å². The number of benzene rings is 2. The Morgan fingerprint density at radius 1 is 1.03 bits per heavy atom. The Kier molecular flexibility index (Phi) is 6.36. The molecule has 1 fully saturated rings. The molecule has 0 aliphatic carbocycles. The molecule has 1 unspecified atom stereocenters. The van der Waals surface area contributed by atoms with Gasteiger partial charge in [0.1, 0.15) is 0 Å². The molecule has 10 heteroatoms. The fourth-order valence-corrected chi connectivity index (χ4v) is 6.39. The van der Waals surface area contributed by atoms with Gasteiger partial charge in [-0.25, -0.2) is 18.1 Å². The topological polar surface area (TPSA) is 112 Å². The van der Waals surface area contributed by atoms with Crippen LogP contribution in [-0.2, 0) is 9.84 Å². The highest BCUT2D eigenvalue weighted by atomic mass is 32.2. The predicted octanol–water partition coefficient (Wildman–Crippen LogP) is 4.34. The lowest BCUT2D eigenvalue weighted by Gasteiger charge is -2.13. The summed E-state index contributed by atoms with van der Waals surface area (Å²) >= 11 is 0. The zero-order chi connectivity index (χ0) is 26.3. The lowest BCUT2D eigenvalue weighted by molar-refractivity contribution is 0.102. The average Bonchev–Trinajstić information content (AvgIpc) is 3.42. The summed E-state index contributed by atoms with van der Waals surface area (Å²) in [5, 5.41) is 8.23. The number of methoxy groups -OCH3 is 2. The maximum atomic E-state index is 13.6. The van der Waals surface area contributed by atoms with Crippen LogP contribution in [0.5, 0.6) is 11.5 Å². The molecule has 1 N–H and O–H groups in total. The fourth-order valence-electron chi connectivity index (χ4n) is 4.69. The van der Waals surface area contributed by atoms with Crippen LogP contribution in [0.25, 0.3) is 22.3 Å². The van der Waals surface area contributed by atoms with Crippen molar-refractivity contribution in [2.24, 2.45) is 0 Å². The number of fused-ring (bicyclic) bond motifs is 1. The van der Waals surface area contributed by atoms with Crippen molar-refractivity contribution in [3.8, 4) is 22.8 Å². The molecule has 1 saturated heterocycles. The molecule has 2 aromatic carbocycles. The number of carbonyl (C=O) groups is 1. The van der Waals surface area contributed by atoms with E-state index in [1.54, 1.807) is 37.1 Å². The molecule has 3 heterocycles. The van der Waals surface area contributed by atoms with Gasteiger partial charge in [0.05, 0.1) is 54.1 Å².